The molecule has 1 atom stereocenters. The fraction of sp³-hybridized carbons (Fsp3) is 1.00. The van der Waals surface area contributed by atoms with Crippen LogP contribution >= 0.6 is 12.6 Å². The van der Waals surface area contributed by atoms with Gasteiger partial charge in [-0.25, -0.2) is 0 Å². The molecule has 0 spiro atoms. The number of hydrogen-bond acceptors (Lipinski definition) is 2. The van der Waals surface area contributed by atoms with Gasteiger partial charge in [0.05, 0.1) is 0 Å². The Morgan fingerprint density at radius 1 is 1.21 bits per heavy atom. The predicted molar refractivity (Wildman–Crippen MR) is 67.2 cm³/mol. The molecule has 14 heavy (non-hydrogen) atoms. The first kappa shape index (κ1) is 12.4. The average molecular weight is 215 g/mol. The van der Waals surface area contributed by atoms with Crippen LogP contribution in [0.15, 0.2) is 0 Å². The van der Waals surface area contributed by atoms with Gasteiger partial charge in [-0.05, 0) is 50.9 Å². The lowest BCUT2D eigenvalue weighted by Gasteiger charge is -2.35. The second-order valence-electron chi connectivity index (χ2n) is 4.38. The molecule has 1 nitrogen and oxygen atoms in total. The van der Waals surface area contributed by atoms with Gasteiger partial charge < -0.3 is 4.90 Å². The van der Waals surface area contributed by atoms with Crippen molar-refractivity contribution >= 4 is 12.6 Å². The molecule has 84 valence electrons. The zero-order chi connectivity index (χ0) is 10.2. The number of hydrogen-bond donors (Lipinski definition) is 1. The van der Waals surface area contributed by atoms with Crippen LogP contribution in [0.2, 0.25) is 0 Å². The van der Waals surface area contributed by atoms with Crippen molar-refractivity contribution in [3.05, 3.63) is 0 Å². The van der Waals surface area contributed by atoms with Gasteiger partial charge in [-0.15, -0.1) is 0 Å². The molecule has 0 aromatic carbocycles. The molecule has 0 aromatic heterocycles. The Hall–Kier alpha value is 0.310. The first-order chi connectivity index (χ1) is 6.88. The highest BCUT2D eigenvalue weighted by molar-refractivity contribution is 7.80. The van der Waals surface area contributed by atoms with Gasteiger partial charge in [0.2, 0.25) is 0 Å². The minimum atomic E-state index is 0.889. The fourth-order valence-electron chi connectivity index (χ4n) is 2.42. The van der Waals surface area contributed by atoms with Crippen molar-refractivity contribution in [2.24, 2.45) is 0 Å². The molecule has 1 aliphatic heterocycles. The predicted octanol–water partition coefficient (Wildman–Crippen LogP) is 3.35. The van der Waals surface area contributed by atoms with Crippen LogP contribution in [0, 0.1) is 0 Å². The second kappa shape index (κ2) is 7.58. The third-order valence-corrected chi connectivity index (χ3v) is 3.64. The quantitative estimate of drug-likeness (QED) is 0.525. The molecular weight excluding hydrogens is 190 g/mol. The molecule has 0 aromatic rings. The van der Waals surface area contributed by atoms with Crippen molar-refractivity contribution in [2.45, 2.75) is 57.9 Å². The van der Waals surface area contributed by atoms with E-state index < -0.39 is 0 Å². The van der Waals surface area contributed by atoms with E-state index in [-0.39, 0.29) is 0 Å². The first-order valence-electron chi connectivity index (χ1n) is 6.23. The minimum absolute atomic E-state index is 0.889. The zero-order valence-corrected chi connectivity index (χ0v) is 10.4. The van der Waals surface area contributed by atoms with Gasteiger partial charge in [0, 0.05) is 6.04 Å². The highest BCUT2D eigenvalue weighted by Gasteiger charge is 2.19. The normalized spacial score (nSPS) is 24.0. The van der Waals surface area contributed by atoms with Gasteiger partial charge in [-0.2, -0.15) is 12.6 Å². The van der Waals surface area contributed by atoms with E-state index in [4.69, 9.17) is 0 Å². The summed E-state index contributed by atoms with van der Waals surface area (Å²) in [6.45, 7) is 5.00. The van der Waals surface area contributed by atoms with E-state index in [0.717, 1.165) is 11.8 Å². The monoisotopic (exact) mass is 215 g/mol. The average Bonchev–Trinajstić information content (AvgIpc) is 2.25. The molecule has 0 radical (unpaired) electrons. The molecule has 1 fully saturated rings. The topological polar surface area (TPSA) is 3.24 Å². The van der Waals surface area contributed by atoms with Crippen molar-refractivity contribution < 1.29 is 0 Å². The van der Waals surface area contributed by atoms with Gasteiger partial charge in [0.1, 0.15) is 0 Å². The molecule has 1 saturated heterocycles. The van der Waals surface area contributed by atoms with Crippen LogP contribution in [0.5, 0.6) is 0 Å². The molecule has 0 bridgehead atoms. The van der Waals surface area contributed by atoms with Crippen molar-refractivity contribution in [3.8, 4) is 0 Å². The summed E-state index contributed by atoms with van der Waals surface area (Å²) in [5.74, 6) is 1.05. The van der Waals surface area contributed by atoms with E-state index in [2.05, 4.69) is 24.5 Å². The number of unbranched alkanes of at least 4 members (excludes halogenated alkanes) is 2. The summed E-state index contributed by atoms with van der Waals surface area (Å²) >= 11 is 4.24. The van der Waals surface area contributed by atoms with Crippen LogP contribution in [0.3, 0.4) is 0 Å². The summed E-state index contributed by atoms with van der Waals surface area (Å²) in [5.41, 5.74) is 0. The van der Waals surface area contributed by atoms with E-state index in [1.807, 2.05) is 0 Å². The van der Waals surface area contributed by atoms with E-state index in [1.54, 1.807) is 0 Å². The molecular formula is C12H25NS. The van der Waals surface area contributed by atoms with Crippen molar-refractivity contribution in [1.82, 2.24) is 4.90 Å². The number of likely N-dealkylation sites (tertiary alicyclic amines) is 1. The summed E-state index contributed by atoms with van der Waals surface area (Å²) in [4.78, 5) is 2.71. The van der Waals surface area contributed by atoms with E-state index in [9.17, 15) is 0 Å². The largest absolute Gasteiger partial charge is 0.300 e. The fourth-order valence-corrected chi connectivity index (χ4v) is 2.64. The zero-order valence-electron chi connectivity index (χ0n) is 9.54. The third kappa shape index (κ3) is 4.22. The van der Waals surface area contributed by atoms with E-state index >= 15 is 0 Å². The lowest BCUT2D eigenvalue weighted by molar-refractivity contribution is 0.141. The van der Waals surface area contributed by atoms with Crippen molar-refractivity contribution in [3.63, 3.8) is 0 Å². The molecule has 1 unspecified atom stereocenters. The standard InChI is InChI=1S/C12H25NS/c1-2-12-8-4-6-10-13(12)9-5-3-7-11-14/h12,14H,2-11H2,1H3. The summed E-state index contributed by atoms with van der Waals surface area (Å²) in [6.07, 6.45) is 9.66. The Labute approximate surface area is 94.7 Å². The number of piperidine rings is 1. The molecule has 0 aliphatic carbocycles. The van der Waals surface area contributed by atoms with Crippen LogP contribution in [-0.4, -0.2) is 29.8 Å². The highest BCUT2D eigenvalue weighted by Crippen LogP contribution is 2.19. The third-order valence-electron chi connectivity index (χ3n) is 3.32. The number of thiol groups is 1. The Morgan fingerprint density at radius 3 is 2.79 bits per heavy atom. The number of nitrogens with zero attached hydrogens (tertiary/aromatic N) is 1. The van der Waals surface area contributed by atoms with Crippen molar-refractivity contribution in [2.75, 3.05) is 18.8 Å². The Kier molecular flexibility index (Phi) is 6.70. The maximum atomic E-state index is 4.24. The van der Waals surface area contributed by atoms with Crippen LogP contribution in [0.4, 0.5) is 0 Å². The lowest BCUT2D eigenvalue weighted by Crippen LogP contribution is -2.39. The van der Waals surface area contributed by atoms with Crippen LogP contribution in [0.1, 0.15) is 51.9 Å². The van der Waals surface area contributed by atoms with Crippen LogP contribution in [-0.2, 0) is 0 Å². The SMILES string of the molecule is CCC1CCCCN1CCCCCS. The lowest BCUT2D eigenvalue weighted by atomic mass is 9.99. The summed E-state index contributed by atoms with van der Waals surface area (Å²) in [7, 11) is 0. The summed E-state index contributed by atoms with van der Waals surface area (Å²) in [6, 6.07) is 0.889. The molecule has 1 rings (SSSR count). The van der Waals surface area contributed by atoms with Gasteiger partial charge in [0.15, 0.2) is 0 Å². The number of rotatable bonds is 6. The minimum Gasteiger partial charge on any atom is -0.300 e. The van der Waals surface area contributed by atoms with Gasteiger partial charge in [0.25, 0.3) is 0 Å². The van der Waals surface area contributed by atoms with E-state index in [0.29, 0.717) is 0 Å². The Balaban J connectivity index is 2.13. The Bertz CT molecular complexity index is 138. The van der Waals surface area contributed by atoms with E-state index in [1.165, 1.54) is 58.0 Å². The summed E-state index contributed by atoms with van der Waals surface area (Å²) in [5, 5.41) is 0. The van der Waals surface area contributed by atoms with Crippen molar-refractivity contribution in [1.29, 1.82) is 0 Å². The second-order valence-corrected chi connectivity index (χ2v) is 4.83. The Morgan fingerprint density at radius 2 is 2.07 bits per heavy atom. The summed E-state index contributed by atoms with van der Waals surface area (Å²) < 4.78 is 0. The van der Waals surface area contributed by atoms with Crippen LogP contribution < -0.4 is 0 Å². The smallest absolute Gasteiger partial charge is 0.00926 e. The highest BCUT2D eigenvalue weighted by atomic mass is 32.1. The molecule has 1 aliphatic rings. The first-order valence-corrected chi connectivity index (χ1v) is 6.86. The molecule has 0 N–H and O–H groups in total. The molecule has 1 heterocycles. The molecule has 0 amide bonds. The molecule has 0 saturated carbocycles. The van der Waals surface area contributed by atoms with Crippen LogP contribution in [0.25, 0.3) is 0 Å². The molecule has 2 heteroatoms. The maximum absolute atomic E-state index is 4.24. The van der Waals surface area contributed by atoms with Gasteiger partial charge in [-0.1, -0.05) is 19.8 Å². The van der Waals surface area contributed by atoms with Gasteiger partial charge >= 0.3 is 0 Å². The van der Waals surface area contributed by atoms with Gasteiger partial charge in [-0.3, -0.25) is 0 Å². The maximum Gasteiger partial charge on any atom is 0.00926 e.